The average molecular weight is 316 g/mol. The van der Waals surface area contributed by atoms with Crippen LogP contribution in [0, 0.1) is 0 Å². The van der Waals surface area contributed by atoms with Crippen LogP contribution in [0.15, 0.2) is 83.0 Å². The van der Waals surface area contributed by atoms with Crippen LogP contribution < -0.4 is 11.1 Å². The number of nitrogens with zero attached hydrogens (tertiary/aromatic N) is 2. The van der Waals surface area contributed by atoms with Gasteiger partial charge in [0.15, 0.2) is 0 Å². The van der Waals surface area contributed by atoms with Gasteiger partial charge in [0.2, 0.25) is 0 Å². The van der Waals surface area contributed by atoms with E-state index < -0.39 is 0 Å². The minimum atomic E-state index is 0.784. The van der Waals surface area contributed by atoms with Gasteiger partial charge in [0.1, 0.15) is 5.69 Å². The zero-order chi connectivity index (χ0) is 16.8. The molecule has 0 aliphatic carbocycles. The first-order valence-electron chi connectivity index (χ1n) is 7.86. The van der Waals surface area contributed by atoms with E-state index in [0.29, 0.717) is 0 Å². The monoisotopic (exact) mass is 316 g/mol. The highest BCUT2D eigenvalue weighted by Gasteiger charge is 2.03. The summed E-state index contributed by atoms with van der Waals surface area (Å²) in [4.78, 5) is 0. The lowest BCUT2D eigenvalue weighted by molar-refractivity contribution is 1.18. The van der Waals surface area contributed by atoms with E-state index in [1.54, 1.807) is 0 Å². The lowest BCUT2D eigenvalue weighted by Crippen LogP contribution is -1.93. The van der Waals surface area contributed by atoms with Crippen LogP contribution in [0.25, 0.3) is 0 Å². The highest BCUT2D eigenvalue weighted by Crippen LogP contribution is 2.28. The molecule has 0 spiro atoms. The van der Waals surface area contributed by atoms with E-state index in [-0.39, 0.29) is 0 Å². The maximum Gasteiger partial charge on any atom is 0.109 e. The van der Waals surface area contributed by atoms with Gasteiger partial charge in [0.05, 0.1) is 11.4 Å². The zero-order valence-electron chi connectivity index (χ0n) is 13.6. The third kappa shape index (κ3) is 3.98. The minimum absolute atomic E-state index is 0.784. The smallest absolute Gasteiger partial charge is 0.109 e. The SMILES string of the molecule is CNc1cc(Cc2ccc(N)cc2)ccc1N=Nc1ccccc1. The van der Waals surface area contributed by atoms with E-state index in [1.807, 2.05) is 55.6 Å². The fourth-order valence-corrected chi connectivity index (χ4v) is 2.46. The van der Waals surface area contributed by atoms with Crippen molar-refractivity contribution in [3.8, 4) is 0 Å². The zero-order valence-corrected chi connectivity index (χ0v) is 13.6. The van der Waals surface area contributed by atoms with E-state index in [2.05, 4.69) is 39.8 Å². The van der Waals surface area contributed by atoms with Crippen LogP contribution in [0.5, 0.6) is 0 Å². The summed E-state index contributed by atoms with van der Waals surface area (Å²) in [5.41, 5.74) is 11.6. The second kappa shape index (κ2) is 7.42. The number of rotatable bonds is 5. The molecule has 0 heterocycles. The summed E-state index contributed by atoms with van der Waals surface area (Å²) in [5.74, 6) is 0. The Morgan fingerprint density at radius 3 is 2.25 bits per heavy atom. The quantitative estimate of drug-likeness (QED) is 0.494. The molecule has 0 radical (unpaired) electrons. The van der Waals surface area contributed by atoms with Crippen LogP contribution in [0.3, 0.4) is 0 Å². The summed E-state index contributed by atoms with van der Waals surface area (Å²) in [6.07, 6.45) is 0.852. The first-order valence-corrected chi connectivity index (χ1v) is 7.86. The Balaban J connectivity index is 1.80. The second-order valence-corrected chi connectivity index (χ2v) is 5.56. The molecule has 0 saturated heterocycles. The molecule has 0 bridgehead atoms. The molecule has 4 heteroatoms. The lowest BCUT2D eigenvalue weighted by atomic mass is 10.0. The van der Waals surface area contributed by atoms with Crippen molar-refractivity contribution in [2.45, 2.75) is 6.42 Å². The average Bonchev–Trinajstić information content (AvgIpc) is 2.63. The lowest BCUT2D eigenvalue weighted by Gasteiger charge is -2.08. The molecule has 0 aliphatic rings. The first-order chi connectivity index (χ1) is 11.7. The predicted molar refractivity (Wildman–Crippen MR) is 100 cm³/mol. The van der Waals surface area contributed by atoms with E-state index in [0.717, 1.165) is 29.2 Å². The van der Waals surface area contributed by atoms with Crippen LogP contribution in [0.1, 0.15) is 11.1 Å². The van der Waals surface area contributed by atoms with Crippen molar-refractivity contribution in [2.24, 2.45) is 10.2 Å². The van der Waals surface area contributed by atoms with Crippen LogP contribution in [0.2, 0.25) is 0 Å². The maximum atomic E-state index is 5.73. The van der Waals surface area contributed by atoms with Gasteiger partial charge in [-0.25, -0.2) is 0 Å². The van der Waals surface area contributed by atoms with Gasteiger partial charge in [-0.3, -0.25) is 0 Å². The van der Waals surface area contributed by atoms with Crippen molar-refractivity contribution in [3.63, 3.8) is 0 Å². The van der Waals surface area contributed by atoms with Gasteiger partial charge in [-0.05, 0) is 53.9 Å². The number of nitrogen functional groups attached to an aromatic ring is 1. The third-order valence-corrected chi connectivity index (χ3v) is 3.75. The second-order valence-electron chi connectivity index (χ2n) is 5.56. The van der Waals surface area contributed by atoms with Crippen molar-refractivity contribution in [3.05, 3.63) is 83.9 Å². The molecule has 3 aromatic carbocycles. The molecule has 0 atom stereocenters. The molecule has 0 unspecified atom stereocenters. The molecule has 120 valence electrons. The largest absolute Gasteiger partial charge is 0.399 e. The van der Waals surface area contributed by atoms with E-state index in [4.69, 9.17) is 5.73 Å². The molecule has 4 nitrogen and oxygen atoms in total. The minimum Gasteiger partial charge on any atom is -0.399 e. The molecular weight excluding hydrogens is 296 g/mol. The molecule has 0 saturated carbocycles. The highest BCUT2D eigenvalue weighted by atomic mass is 15.1. The van der Waals surface area contributed by atoms with Crippen molar-refractivity contribution in [1.82, 2.24) is 0 Å². The van der Waals surface area contributed by atoms with Gasteiger partial charge < -0.3 is 11.1 Å². The summed E-state index contributed by atoms with van der Waals surface area (Å²) in [6, 6.07) is 23.9. The van der Waals surface area contributed by atoms with Gasteiger partial charge in [0.25, 0.3) is 0 Å². The van der Waals surface area contributed by atoms with Gasteiger partial charge in [-0.15, -0.1) is 5.11 Å². The van der Waals surface area contributed by atoms with Crippen molar-refractivity contribution in [2.75, 3.05) is 18.1 Å². The number of nitrogens with two attached hydrogens (primary N) is 1. The number of azo groups is 1. The number of anilines is 2. The fraction of sp³-hybridized carbons (Fsp3) is 0.100. The topological polar surface area (TPSA) is 62.8 Å². The summed E-state index contributed by atoms with van der Waals surface area (Å²) in [7, 11) is 1.89. The van der Waals surface area contributed by atoms with Crippen molar-refractivity contribution < 1.29 is 0 Å². The Morgan fingerprint density at radius 2 is 1.54 bits per heavy atom. The van der Waals surface area contributed by atoms with Gasteiger partial charge in [-0.2, -0.15) is 5.11 Å². The molecule has 0 aromatic heterocycles. The normalized spacial score (nSPS) is 10.9. The number of nitrogens with one attached hydrogen (secondary N) is 1. The Hall–Kier alpha value is -3.14. The molecule has 3 aromatic rings. The van der Waals surface area contributed by atoms with Gasteiger partial charge in [0, 0.05) is 12.7 Å². The molecule has 0 aliphatic heterocycles. The van der Waals surface area contributed by atoms with Crippen LogP contribution >= 0.6 is 0 Å². The fourth-order valence-electron chi connectivity index (χ4n) is 2.46. The Morgan fingerprint density at radius 1 is 0.833 bits per heavy atom. The molecule has 3 N–H and O–H groups in total. The maximum absolute atomic E-state index is 5.73. The summed E-state index contributed by atoms with van der Waals surface area (Å²) < 4.78 is 0. The summed E-state index contributed by atoms with van der Waals surface area (Å²) in [6.45, 7) is 0. The molecule has 0 amide bonds. The number of hydrogen-bond acceptors (Lipinski definition) is 4. The first kappa shape index (κ1) is 15.7. The highest BCUT2D eigenvalue weighted by molar-refractivity contribution is 5.66. The molecule has 0 fully saturated rings. The van der Waals surface area contributed by atoms with Crippen LogP contribution in [-0.4, -0.2) is 7.05 Å². The Kier molecular flexibility index (Phi) is 4.87. The van der Waals surface area contributed by atoms with Gasteiger partial charge >= 0.3 is 0 Å². The standard InChI is InChI=1S/C20H20N4/c1-22-20-14-16(13-15-7-10-17(21)11-8-15)9-12-19(20)24-23-18-5-3-2-4-6-18/h2-12,14,22H,13,21H2,1H3. The Labute approximate surface area is 142 Å². The molecule has 24 heavy (non-hydrogen) atoms. The third-order valence-electron chi connectivity index (χ3n) is 3.75. The van der Waals surface area contributed by atoms with E-state index in [1.165, 1.54) is 11.1 Å². The van der Waals surface area contributed by atoms with E-state index >= 15 is 0 Å². The van der Waals surface area contributed by atoms with Crippen molar-refractivity contribution >= 4 is 22.7 Å². The summed E-state index contributed by atoms with van der Waals surface area (Å²) >= 11 is 0. The van der Waals surface area contributed by atoms with Crippen LogP contribution in [0.4, 0.5) is 22.7 Å². The number of benzene rings is 3. The summed E-state index contributed by atoms with van der Waals surface area (Å²) in [5, 5.41) is 11.8. The number of hydrogen-bond donors (Lipinski definition) is 2. The van der Waals surface area contributed by atoms with Crippen molar-refractivity contribution in [1.29, 1.82) is 0 Å². The van der Waals surface area contributed by atoms with E-state index in [9.17, 15) is 0 Å². The van der Waals surface area contributed by atoms with Gasteiger partial charge in [-0.1, -0.05) is 36.4 Å². The molecular formula is C20H20N4. The Bertz CT molecular complexity index is 824. The predicted octanol–water partition coefficient (Wildman–Crippen LogP) is 5.32. The van der Waals surface area contributed by atoms with Crippen LogP contribution in [-0.2, 0) is 6.42 Å². The molecule has 3 rings (SSSR count).